The molecular formula is C55H43F12N7O3S. The number of alkyl halides is 12. The van der Waals surface area contributed by atoms with Crippen LogP contribution in [0.4, 0.5) is 85.0 Å². The van der Waals surface area contributed by atoms with Crippen molar-refractivity contribution in [2.45, 2.75) is 50.3 Å². The third-order valence-corrected chi connectivity index (χ3v) is 12.9. The van der Waals surface area contributed by atoms with Gasteiger partial charge in [0, 0.05) is 52.4 Å². The molecule has 0 fully saturated rings. The molecule has 0 bridgehead atoms. The number of pyridine rings is 2. The average Bonchev–Trinajstić information content (AvgIpc) is 3.39. The number of urea groups is 2. The van der Waals surface area contributed by atoms with Crippen molar-refractivity contribution >= 4 is 68.4 Å². The Morgan fingerprint density at radius 2 is 0.897 bits per heavy atom. The van der Waals surface area contributed by atoms with Gasteiger partial charge in [-0.1, -0.05) is 60.7 Å². The Morgan fingerprint density at radius 3 is 1.26 bits per heavy atom. The van der Waals surface area contributed by atoms with E-state index in [1.807, 2.05) is 30.5 Å². The van der Waals surface area contributed by atoms with Crippen LogP contribution in [0.5, 0.6) is 0 Å². The fraction of sp³-hybridized carbons (Fsp3) is 0.200. The molecule has 406 valence electrons. The zero-order chi connectivity index (χ0) is 56.2. The van der Waals surface area contributed by atoms with Gasteiger partial charge in [0.1, 0.15) is 0 Å². The van der Waals surface area contributed by atoms with Gasteiger partial charge in [-0.2, -0.15) is 64.4 Å². The summed E-state index contributed by atoms with van der Waals surface area (Å²) in [7, 11) is 0. The number of benzene rings is 6. The fourth-order valence-electron chi connectivity index (χ4n) is 8.53. The minimum absolute atomic E-state index is 0.0396. The van der Waals surface area contributed by atoms with Crippen LogP contribution in [0.3, 0.4) is 0 Å². The van der Waals surface area contributed by atoms with E-state index in [4.69, 9.17) is 9.97 Å². The number of rotatable bonds is 15. The van der Waals surface area contributed by atoms with Crippen molar-refractivity contribution in [2.75, 3.05) is 39.9 Å². The number of halogens is 12. The molecule has 10 nitrogen and oxygen atoms in total. The van der Waals surface area contributed by atoms with Gasteiger partial charge in [-0.15, -0.1) is 0 Å². The highest BCUT2D eigenvalue weighted by molar-refractivity contribution is 7.98. The van der Waals surface area contributed by atoms with Gasteiger partial charge in [0.2, 0.25) is 0 Å². The summed E-state index contributed by atoms with van der Waals surface area (Å²) in [6, 6.07) is 30.0. The van der Waals surface area contributed by atoms with Crippen LogP contribution < -0.4 is 21.3 Å². The molecule has 0 saturated heterocycles. The third kappa shape index (κ3) is 14.0. The maximum absolute atomic E-state index is 13.5. The van der Waals surface area contributed by atoms with E-state index in [1.165, 1.54) is 12.1 Å². The molecule has 0 aliphatic carbocycles. The molecule has 6 aromatic carbocycles. The van der Waals surface area contributed by atoms with Crippen LogP contribution in [-0.2, 0) is 37.8 Å². The van der Waals surface area contributed by atoms with Crippen LogP contribution in [0.15, 0.2) is 146 Å². The van der Waals surface area contributed by atoms with E-state index in [9.17, 15) is 67.4 Å². The minimum atomic E-state index is -5.11. The molecule has 5 N–H and O–H groups in total. The molecule has 1 atom stereocenters. The van der Waals surface area contributed by atoms with Crippen molar-refractivity contribution in [3.8, 4) is 22.3 Å². The standard InChI is InChI=1S/C55H43F12N7O3S/c1-78-19-18-43(30-75)74(28-39-14-10-33-20-31(12-16-46(33)68-39)44-6-2-4-8-48(44)72-50(76)70-41-24-35(52(56,57)58)22-36(25-41)53(59,60)61)29-40-15-11-34-21-32(13-17-47(34)69-40)45-7-3-5-9-49(45)73-51(77)71-42-26-37(54(62,63)64)23-38(27-42)55(65,66)67/h2-17,20-27,43,75H,18-19,28-30H2,1H3,(H2,70,72,76)(H2,71,73,77). The number of para-hydroxylation sites is 2. The quantitative estimate of drug-likeness (QED) is 0.0646. The zero-order valence-electron chi connectivity index (χ0n) is 40.5. The second kappa shape index (κ2) is 23.0. The van der Waals surface area contributed by atoms with Crippen LogP contribution in [0.2, 0.25) is 0 Å². The Morgan fingerprint density at radius 1 is 0.513 bits per heavy atom. The van der Waals surface area contributed by atoms with E-state index in [-0.39, 0.29) is 36.2 Å². The van der Waals surface area contributed by atoms with E-state index >= 15 is 0 Å². The predicted molar refractivity (Wildman–Crippen MR) is 276 cm³/mol. The number of aliphatic hydroxyl groups excluding tert-OH is 1. The van der Waals surface area contributed by atoms with Crippen LogP contribution >= 0.6 is 11.8 Å². The third-order valence-electron chi connectivity index (χ3n) is 12.3. The molecular weight excluding hydrogens is 1070 g/mol. The van der Waals surface area contributed by atoms with Gasteiger partial charge in [0.05, 0.1) is 62.7 Å². The topological polar surface area (TPSA) is 132 Å². The number of carbonyl (C=O) groups is 2. The number of hydrogen-bond acceptors (Lipinski definition) is 7. The number of amides is 4. The predicted octanol–water partition coefficient (Wildman–Crippen LogP) is 15.6. The normalized spacial score (nSPS) is 12.7. The number of aliphatic hydroxyl groups is 1. The smallest absolute Gasteiger partial charge is 0.395 e. The van der Waals surface area contributed by atoms with E-state index in [0.717, 1.165) is 5.75 Å². The summed E-state index contributed by atoms with van der Waals surface area (Å²) < 4.78 is 162. The summed E-state index contributed by atoms with van der Waals surface area (Å²) in [5.41, 5.74) is -2.67. The average molecular weight is 1110 g/mol. The first-order valence-corrected chi connectivity index (χ1v) is 24.8. The number of hydrogen-bond donors (Lipinski definition) is 5. The van der Waals surface area contributed by atoms with Gasteiger partial charge in [-0.3, -0.25) is 14.9 Å². The number of carbonyl (C=O) groups excluding carboxylic acids is 2. The van der Waals surface area contributed by atoms with E-state index in [0.29, 0.717) is 99.2 Å². The lowest BCUT2D eigenvalue weighted by molar-refractivity contribution is -0.144. The maximum Gasteiger partial charge on any atom is 0.416 e. The summed E-state index contributed by atoms with van der Waals surface area (Å²) in [6.07, 6.45) is -17.9. The molecule has 1 unspecified atom stereocenters. The molecule has 0 spiro atoms. The number of fused-ring (bicyclic) bond motifs is 2. The first kappa shape index (κ1) is 56.3. The molecule has 78 heavy (non-hydrogen) atoms. The van der Waals surface area contributed by atoms with Crippen molar-refractivity contribution in [1.82, 2.24) is 14.9 Å². The van der Waals surface area contributed by atoms with Crippen LogP contribution in [0.25, 0.3) is 44.1 Å². The van der Waals surface area contributed by atoms with E-state index in [1.54, 1.807) is 84.6 Å². The summed E-state index contributed by atoms with van der Waals surface area (Å²) >= 11 is 1.62. The summed E-state index contributed by atoms with van der Waals surface area (Å²) in [4.78, 5) is 38.0. The lowest BCUT2D eigenvalue weighted by atomic mass is 10.0. The highest BCUT2D eigenvalue weighted by Crippen LogP contribution is 2.40. The monoisotopic (exact) mass is 1110 g/mol. The molecule has 0 aliphatic rings. The van der Waals surface area contributed by atoms with Crippen molar-refractivity contribution in [2.24, 2.45) is 0 Å². The molecule has 8 rings (SSSR count). The largest absolute Gasteiger partial charge is 0.416 e. The Bertz CT molecular complexity index is 3210. The van der Waals surface area contributed by atoms with Crippen LogP contribution in [0, 0.1) is 0 Å². The molecule has 0 aliphatic heterocycles. The first-order chi connectivity index (χ1) is 36.8. The molecule has 23 heteroatoms. The van der Waals surface area contributed by atoms with Gasteiger partial charge in [-0.05, 0) is 114 Å². The summed E-state index contributed by atoms with van der Waals surface area (Å²) in [5, 5.41) is 21.2. The van der Waals surface area contributed by atoms with Gasteiger partial charge in [-0.25, -0.2) is 9.59 Å². The highest BCUT2D eigenvalue weighted by Gasteiger charge is 2.38. The Kier molecular flexibility index (Phi) is 16.6. The summed E-state index contributed by atoms with van der Waals surface area (Å²) in [6.45, 7) is 0.417. The van der Waals surface area contributed by atoms with Crippen molar-refractivity contribution in [3.05, 3.63) is 179 Å². The molecule has 8 aromatic rings. The minimum Gasteiger partial charge on any atom is -0.395 e. The number of thioether (sulfide) groups is 1. The SMILES string of the molecule is CSCCC(CO)N(Cc1ccc2cc(-c3ccccc3NC(=O)Nc3cc(C(F)(F)F)cc(C(F)(F)F)c3)ccc2n1)Cc1ccc2cc(-c3ccccc3NC(=O)Nc3cc(C(F)(F)F)cc(C(F)(F)F)c3)ccc2n1. The fourth-order valence-corrected chi connectivity index (χ4v) is 9.04. The number of nitrogens with zero attached hydrogens (tertiary/aromatic N) is 3. The second-order valence-electron chi connectivity index (χ2n) is 17.8. The molecule has 2 aromatic heterocycles. The van der Waals surface area contributed by atoms with Crippen molar-refractivity contribution in [3.63, 3.8) is 0 Å². The van der Waals surface area contributed by atoms with Crippen LogP contribution in [-0.4, -0.2) is 56.7 Å². The molecule has 0 saturated carbocycles. The number of nitrogens with one attached hydrogen (secondary N) is 4. The number of aromatic nitrogens is 2. The maximum atomic E-state index is 13.5. The van der Waals surface area contributed by atoms with Gasteiger partial charge < -0.3 is 26.4 Å². The summed E-state index contributed by atoms with van der Waals surface area (Å²) in [5.74, 6) is 0.744. The molecule has 2 heterocycles. The van der Waals surface area contributed by atoms with Gasteiger partial charge in [0.15, 0.2) is 0 Å². The van der Waals surface area contributed by atoms with Crippen LogP contribution in [0.1, 0.15) is 40.1 Å². The van der Waals surface area contributed by atoms with E-state index < -0.39 is 70.4 Å². The lowest BCUT2D eigenvalue weighted by Gasteiger charge is -2.30. The molecule has 0 radical (unpaired) electrons. The Labute approximate surface area is 440 Å². The first-order valence-electron chi connectivity index (χ1n) is 23.4. The van der Waals surface area contributed by atoms with Gasteiger partial charge in [0.25, 0.3) is 0 Å². The zero-order valence-corrected chi connectivity index (χ0v) is 41.3. The van der Waals surface area contributed by atoms with Crippen molar-refractivity contribution < 1.29 is 67.4 Å². The molecule has 4 amide bonds. The van der Waals surface area contributed by atoms with Crippen molar-refractivity contribution in [1.29, 1.82) is 0 Å². The van der Waals surface area contributed by atoms with Gasteiger partial charge >= 0.3 is 36.8 Å². The Hall–Kier alpha value is -7.89. The Balaban J connectivity index is 0.979. The van der Waals surface area contributed by atoms with E-state index in [2.05, 4.69) is 26.2 Å². The lowest BCUT2D eigenvalue weighted by Crippen LogP contribution is -2.38. The second-order valence-corrected chi connectivity index (χ2v) is 18.8. The highest BCUT2D eigenvalue weighted by atomic mass is 32.2. The number of anilines is 4.